The van der Waals surface area contributed by atoms with Crippen LogP contribution in [0.4, 0.5) is 11.4 Å². The highest BCUT2D eigenvalue weighted by Gasteiger charge is 2.08. The molecule has 0 saturated carbocycles. The highest BCUT2D eigenvalue weighted by molar-refractivity contribution is 5.81. The van der Waals surface area contributed by atoms with Crippen molar-refractivity contribution in [3.8, 4) is 5.75 Å². The molecule has 1 heterocycles. The first-order valence-corrected chi connectivity index (χ1v) is 6.60. The van der Waals surface area contributed by atoms with Gasteiger partial charge in [0.15, 0.2) is 0 Å². The van der Waals surface area contributed by atoms with E-state index < -0.39 is 0 Å². The number of anilines is 2. The third kappa shape index (κ3) is 2.60. The van der Waals surface area contributed by atoms with E-state index in [4.69, 9.17) is 9.15 Å². The Balaban J connectivity index is 2.04. The highest BCUT2D eigenvalue weighted by atomic mass is 16.5. The third-order valence-electron chi connectivity index (χ3n) is 3.28. The van der Waals surface area contributed by atoms with Gasteiger partial charge >= 0.3 is 0 Å². The van der Waals surface area contributed by atoms with Crippen LogP contribution in [0.3, 0.4) is 0 Å². The monoisotopic (exact) mass is 281 g/mol. The fourth-order valence-corrected chi connectivity index (χ4v) is 2.20. The van der Waals surface area contributed by atoms with Crippen molar-refractivity contribution in [3.63, 3.8) is 0 Å². The van der Waals surface area contributed by atoms with Crippen molar-refractivity contribution < 1.29 is 9.15 Å². The number of methoxy groups -OCH3 is 1. The Morgan fingerprint density at radius 1 is 1.14 bits per heavy atom. The summed E-state index contributed by atoms with van der Waals surface area (Å²) >= 11 is 0. The number of rotatable bonds is 3. The van der Waals surface area contributed by atoms with Gasteiger partial charge < -0.3 is 14.5 Å². The second-order valence-corrected chi connectivity index (χ2v) is 4.84. The molecular weight excluding hydrogens is 266 g/mol. The number of hydrogen-bond acceptors (Lipinski definition) is 4. The topological polar surface area (TPSA) is 51.5 Å². The molecule has 106 valence electrons. The molecule has 3 rings (SSSR count). The minimum Gasteiger partial charge on any atom is -0.497 e. The Labute approximate surface area is 122 Å². The van der Waals surface area contributed by atoms with Crippen molar-refractivity contribution in [3.05, 3.63) is 64.5 Å². The van der Waals surface area contributed by atoms with Crippen molar-refractivity contribution in [2.24, 2.45) is 0 Å². The Bertz CT molecular complexity index is 852. The fraction of sp³-hybridized carbons (Fsp3) is 0.118. The molecule has 1 aromatic heterocycles. The molecule has 4 heteroatoms. The summed E-state index contributed by atoms with van der Waals surface area (Å²) in [5.74, 6) is 0.657. The fourth-order valence-electron chi connectivity index (χ4n) is 2.20. The summed E-state index contributed by atoms with van der Waals surface area (Å²) in [6.45, 7) is 2.00. The summed E-state index contributed by atoms with van der Waals surface area (Å²) in [5, 5.41) is 3.62. The van der Waals surface area contributed by atoms with Gasteiger partial charge in [0.25, 0.3) is 0 Å². The molecule has 0 saturated heterocycles. The summed E-state index contributed by atoms with van der Waals surface area (Å²) in [5.41, 5.74) is 2.80. The van der Waals surface area contributed by atoms with Crippen LogP contribution in [-0.2, 0) is 0 Å². The van der Waals surface area contributed by atoms with Crippen LogP contribution in [0.15, 0.2) is 57.9 Å². The van der Waals surface area contributed by atoms with Crippen LogP contribution < -0.4 is 15.5 Å². The van der Waals surface area contributed by atoms with E-state index in [0.717, 1.165) is 11.3 Å². The predicted molar refractivity (Wildman–Crippen MR) is 83.5 cm³/mol. The van der Waals surface area contributed by atoms with Crippen molar-refractivity contribution in [1.82, 2.24) is 0 Å². The normalized spacial score (nSPS) is 10.6. The first-order valence-electron chi connectivity index (χ1n) is 6.60. The lowest BCUT2D eigenvalue weighted by molar-refractivity contribution is 0.414. The summed E-state index contributed by atoms with van der Waals surface area (Å²) in [4.78, 5) is 12.5. The summed E-state index contributed by atoms with van der Waals surface area (Å²) < 4.78 is 10.6. The lowest BCUT2D eigenvalue weighted by atomic mass is 10.2. The van der Waals surface area contributed by atoms with Crippen LogP contribution in [0, 0.1) is 6.92 Å². The van der Waals surface area contributed by atoms with Gasteiger partial charge in [0.05, 0.1) is 12.5 Å². The van der Waals surface area contributed by atoms with Crippen LogP contribution in [0.25, 0.3) is 11.0 Å². The molecule has 0 radical (unpaired) electrons. The Hall–Kier alpha value is -2.75. The summed E-state index contributed by atoms with van der Waals surface area (Å²) in [7, 11) is 1.58. The molecule has 0 aliphatic heterocycles. The number of nitrogens with one attached hydrogen (secondary N) is 1. The van der Waals surface area contributed by atoms with Crippen LogP contribution in [0.1, 0.15) is 5.56 Å². The first-order chi connectivity index (χ1) is 10.2. The van der Waals surface area contributed by atoms with Crippen molar-refractivity contribution >= 4 is 22.3 Å². The molecule has 21 heavy (non-hydrogen) atoms. The molecule has 0 fully saturated rings. The summed E-state index contributed by atoms with van der Waals surface area (Å²) in [6.07, 6.45) is 1.44. The van der Waals surface area contributed by atoms with Gasteiger partial charge in [-0.25, -0.2) is 0 Å². The SMILES string of the molecule is COc1ccc2c(=O)c(Nc3cccc(C)c3)coc2c1. The number of hydrogen-bond donors (Lipinski definition) is 1. The Kier molecular flexibility index (Phi) is 3.36. The smallest absolute Gasteiger partial charge is 0.216 e. The number of benzene rings is 2. The van der Waals surface area contributed by atoms with Crippen molar-refractivity contribution in [2.75, 3.05) is 12.4 Å². The molecule has 0 spiro atoms. The molecule has 0 aliphatic rings. The van der Waals surface area contributed by atoms with E-state index in [-0.39, 0.29) is 5.43 Å². The molecule has 0 bridgehead atoms. The molecule has 3 aromatic rings. The standard InChI is InChI=1S/C17H15NO3/c1-11-4-3-5-12(8-11)18-15-10-21-16-9-13(20-2)6-7-14(16)17(15)19/h3-10,18H,1-2H3. The second-order valence-electron chi connectivity index (χ2n) is 4.84. The Morgan fingerprint density at radius 2 is 2.00 bits per heavy atom. The molecule has 2 aromatic carbocycles. The molecule has 0 amide bonds. The van der Waals surface area contributed by atoms with Gasteiger partial charge in [0.1, 0.15) is 23.3 Å². The van der Waals surface area contributed by atoms with Gasteiger partial charge in [-0.05, 0) is 36.8 Å². The third-order valence-corrected chi connectivity index (χ3v) is 3.28. The van der Waals surface area contributed by atoms with Gasteiger partial charge in [-0.15, -0.1) is 0 Å². The second kappa shape index (κ2) is 5.32. The highest BCUT2D eigenvalue weighted by Crippen LogP contribution is 2.21. The quantitative estimate of drug-likeness (QED) is 0.792. The molecule has 0 aliphatic carbocycles. The number of fused-ring (bicyclic) bond motifs is 1. The lowest BCUT2D eigenvalue weighted by Gasteiger charge is -2.07. The molecule has 0 atom stereocenters. The summed E-state index contributed by atoms with van der Waals surface area (Å²) in [6, 6.07) is 13.0. The van der Waals surface area contributed by atoms with E-state index in [0.29, 0.717) is 22.4 Å². The maximum atomic E-state index is 12.5. The van der Waals surface area contributed by atoms with E-state index in [1.807, 2.05) is 31.2 Å². The molecule has 4 nitrogen and oxygen atoms in total. The first kappa shape index (κ1) is 13.2. The molecular formula is C17H15NO3. The van der Waals surface area contributed by atoms with Crippen LogP contribution in [0.5, 0.6) is 5.75 Å². The van der Waals surface area contributed by atoms with E-state index in [1.165, 1.54) is 6.26 Å². The lowest BCUT2D eigenvalue weighted by Crippen LogP contribution is -2.08. The molecule has 1 N–H and O–H groups in total. The van der Waals surface area contributed by atoms with Crippen LogP contribution >= 0.6 is 0 Å². The Morgan fingerprint density at radius 3 is 2.76 bits per heavy atom. The average Bonchev–Trinajstić information content (AvgIpc) is 2.50. The zero-order chi connectivity index (χ0) is 14.8. The zero-order valence-corrected chi connectivity index (χ0v) is 11.8. The van der Waals surface area contributed by atoms with Crippen molar-refractivity contribution in [1.29, 1.82) is 0 Å². The van der Waals surface area contributed by atoms with Gasteiger partial charge in [-0.1, -0.05) is 12.1 Å². The zero-order valence-electron chi connectivity index (χ0n) is 11.8. The maximum absolute atomic E-state index is 12.5. The number of aryl methyl sites for hydroxylation is 1. The van der Waals surface area contributed by atoms with Gasteiger partial charge in [-0.2, -0.15) is 0 Å². The van der Waals surface area contributed by atoms with E-state index in [1.54, 1.807) is 25.3 Å². The van der Waals surface area contributed by atoms with E-state index >= 15 is 0 Å². The van der Waals surface area contributed by atoms with Crippen LogP contribution in [0.2, 0.25) is 0 Å². The van der Waals surface area contributed by atoms with Gasteiger partial charge in [0, 0.05) is 11.8 Å². The van der Waals surface area contributed by atoms with Gasteiger partial charge in [-0.3, -0.25) is 4.79 Å². The molecule has 0 unspecified atom stereocenters. The van der Waals surface area contributed by atoms with Crippen LogP contribution in [-0.4, -0.2) is 7.11 Å². The van der Waals surface area contributed by atoms with E-state index in [2.05, 4.69) is 5.32 Å². The maximum Gasteiger partial charge on any atom is 0.216 e. The minimum absolute atomic E-state index is 0.0968. The minimum atomic E-state index is -0.0968. The van der Waals surface area contributed by atoms with Gasteiger partial charge in [0.2, 0.25) is 5.43 Å². The largest absolute Gasteiger partial charge is 0.497 e. The van der Waals surface area contributed by atoms with E-state index in [9.17, 15) is 4.79 Å². The number of ether oxygens (including phenoxy) is 1. The van der Waals surface area contributed by atoms with Crippen molar-refractivity contribution in [2.45, 2.75) is 6.92 Å². The predicted octanol–water partition coefficient (Wildman–Crippen LogP) is 3.85. The average molecular weight is 281 g/mol.